The van der Waals surface area contributed by atoms with Gasteiger partial charge in [-0.25, -0.2) is 4.79 Å². The molecule has 1 fully saturated rings. The van der Waals surface area contributed by atoms with E-state index in [4.69, 9.17) is 23.2 Å². The van der Waals surface area contributed by atoms with Crippen molar-refractivity contribution >= 4 is 40.8 Å². The lowest BCUT2D eigenvalue weighted by Crippen LogP contribution is -2.17. The molecule has 118 valence electrons. The summed E-state index contributed by atoms with van der Waals surface area (Å²) in [6.07, 6.45) is 1.70. The van der Waals surface area contributed by atoms with Crippen LogP contribution in [0.15, 0.2) is 34.8 Å². The molecule has 0 unspecified atom stereocenters. The third-order valence-electron chi connectivity index (χ3n) is 4.07. The molecule has 1 aromatic carbocycles. The summed E-state index contributed by atoms with van der Waals surface area (Å²) < 4.78 is 4.80. The summed E-state index contributed by atoms with van der Waals surface area (Å²) >= 11 is 11.4. The minimum atomic E-state index is -0.414. The maximum Gasteiger partial charge on any atom is 0.337 e. The molecule has 1 aliphatic rings. The Morgan fingerprint density at radius 3 is 2.32 bits per heavy atom. The van der Waals surface area contributed by atoms with Crippen LogP contribution in [-0.2, 0) is 9.53 Å². The van der Waals surface area contributed by atoms with E-state index in [-0.39, 0.29) is 27.6 Å². The Labute approximate surface area is 139 Å². The highest BCUT2D eigenvalue weighted by Gasteiger charge is 2.60. The van der Waals surface area contributed by atoms with Gasteiger partial charge in [-0.2, -0.15) is 0 Å². The largest absolute Gasteiger partial charge is 0.465 e. The number of nitrogens with one attached hydrogen (secondary N) is 1. The molecular formula is C16H17Cl2NO3. The van der Waals surface area contributed by atoms with E-state index in [0.717, 1.165) is 0 Å². The SMILES string of the molecule is COC(=O)c1ccc(NC(=O)[C@H]2[C@@H](C=C(Cl)Cl)C2(C)C)cc1. The molecular weight excluding hydrogens is 325 g/mol. The van der Waals surface area contributed by atoms with E-state index < -0.39 is 5.97 Å². The molecule has 22 heavy (non-hydrogen) atoms. The van der Waals surface area contributed by atoms with Crippen molar-refractivity contribution in [2.45, 2.75) is 13.8 Å². The highest BCUT2D eigenvalue weighted by atomic mass is 35.5. The van der Waals surface area contributed by atoms with Crippen molar-refractivity contribution in [1.82, 2.24) is 0 Å². The molecule has 6 heteroatoms. The lowest BCUT2D eigenvalue weighted by Gasteiger charge is -2.07. The van der Waals surface area contributed by atoms with Crippen molar-refractivity contribution in [2.75, 3.05) is 12.4 Å². The molecule has 0 saturated heterocycles. The monoisotopic (exact) mass is 341 g/mol. The van der Waals surface area contributed by atoms with Crippen LogP contribution in [-0.4, -0.2) is 19.0 Å². The van der Waals surface area contributed by atoms with Gasteiger partial charge in [0.1, 0.15) is 4.49 Å². The molecule has 0 aromatic heterocycles. The van der Waals surface area contributed by atoms with Gasteiger partial charge in [-0.1, -0.05) is 37.0 Å². The van der Waals surface area contributed by atoms with Crippen molar-refractivity contribution in [1.29, 1.82) is 0 Å². The van der Waals surface area contributed by atoms with Crippen LogP contribution in [0.4, 0.5) is 5.69 Å². The molecule has 1 aliphatic carbocycles. The van der Waals surface area contributed by atoms with Gasteiger partial charge in [0.15, 0.2) is 0 Å². The maximum absolute atomic E-state index is 12.3. The second-order valence-electron chi connectivity index (χ2n) is 5.84. The predicted molar refractivity (Wildman–Crippen MR) is 87.0 cm³/mol. The van der Waals surface area contributed by atoms with Crippen molar-refractivity contribution in [3.8, 4) is 0 Å². The first kappa shape index (κ1) is 16.8. The maximum atomic E-state index is 12.3. The van der Waals surface area contributed by atoms with Gasteiger partial charge in [0.2, 0.25) is 5.91 Å². The number of ether oxygens (including phenoxy) is 1. The van der Waals surface area contributed by atoms with Crippen LogP contribution in [0, 0.1) is 17.3 Å². The third-order valence-corrected chi connectivity index (χ3v) is 4.32. The van der Waals surface area contributed by atoms with E-state index >= 15 is 0 Å². The van der Waals surface area contributed by atoms with Crippen LogP contribution in [0.25, 0.3) is 0 Å². The first-order chi connectivity index (χ1) is 10.3. The first-order valence-corrected chi connectivity index (χ1v) is 7.55. The summed E-state index contributed by atoms with van der Waals surface area (Å²) in [4.78, 5) is 23.7. The second kappa shape index (κ2) is 6.31. The van der Waals surface area contributed by atoms with E-state index in [9.17, 15) is 9.59 Å². The highest BCUT2D eigenvalue weighted by Crippen LogP contribution is 2.59. The fourth-order valence-electron chi connectivity index (χ4n) is 2.65. The number of hydrogen-bond acceptors (Lipinski definition) is 3. The van der Waals surface area contributed by atoms with Crippen molar-refractivity contribution < 1.29 is 14.3 Å². The Morgan fingerprint density at radius 1 is 1.23 bits per heavy atom. The molecule has 0 radical (unpaired) electrons. The minimum Gasteiger partial charge on any atom is -0.465 e. The first-order valence-electron chi connectivity index (χ1n) is 6.79. The molecule has 1 amide bonds. The lowest BCUT2D eigenvalue weighted by atomic mass is 10.1. The summed E-state index contributed by atoms with van der Waals surface area (Å²) in [6, 6.07) is 6.54. The zero-order valence-corrected chi connectivity index (χ0v) is 14.0. The number of anilines is 1. The number of allylic oxidation sites excluding steroid dienone is 1. The van der Waals surface area contributed by atoms with Gasteiger partial charge in [-0.15, -0.1) is 0 Å². The van der Waals surface area contributed by atoms with E-state index in [1.54, 1.807) is 30.3 Å². The van der Waals surface area contributed by atoms with Crippen molar-refractivity contribution in [3.63, 3.8) is 0 Å². The summed E-state index contributed by atoms with van der Waals surface area (Å²) in [5.74, 6) is -0.665. The molecule has 0 heterocycles. The number of carbonyl (C=O) groups excluding carboxylic acids is 2. The summed E-state index contributed by atoms with van der Waals surface area (Å²) in [6.45, 7) is 3.99. The average molecular weight is 342 g/mol. The zero-order valence-electron chi connectivity index (χ0n) is 12.5. The van der Waals surface area contributed by atoms with Gasteiger partial charge in [0.05, 0.1) is 18.6 Å². The second-order valence-corrected chi connectivity index (χ2v) is 6.85. The van der Waals surface area contributed by atoms with Crippen LogP contribution in [0.2, 0.25) is 0 Å². The van der Waals surface area contributed by atoms with Gasteiger partial charge in [0, 0.05) is 5.69 Å². The van der Waals surface area contributed by atoms with E-state index in [1.807, 2.05) is 13.8 Å². The number of halogens is 2. The van der Waals surface area contributed by atoms with Crippen LogP contribution in [0.3, 0.4) is 0 Å². The fraction of sp³-hybridized carbons (Fsp3) is 0.375. The molecule has 0 aliphatic heterocycles. The summed E-state index contributed by atoms with van der Waals surface area (Å²) in [7, 11) is 1.32. The molecule has 0 bridgehead atoms. The molecule has 2 atom stereocenters. The number of carbonyl (C=O) groups is 2. The van der Waals surface area contributed by atoms with Crippen LogP contribution in [0.1, 0.15) is 24.2 Å². The average Bonchev–Trinajstić information content (AvgIpc) is 2.99. The number of rotatable bonds is 4. The Morgan fingerprint density at radius 2 is 1.82 bits per heavy atom. The number of hydrogen-bond donors (Lipinski definition) is 1. The van der Waals surface area contributed by atoms with Gasteiger partial charge >= 0.3 is 5.97 Å². The lowest BCUT2D eigenvalue weighted by molar-refractivity contribution is -0.118. The van der Waals surface area contributed by atoms with E-state index in [0.29, 0.717) is 11.3 Å². The van der Waals surface area contributed by atoms with Crippen molar-refractivity contribution in [2.24, 2.45) is 17.3 Å². The van der Waals surface area contributed by atoms with Gasteiger partial charge in [-0.3, -0.25) is 4.79 Å². The van der Waals surface area contributed by atoms with Gasteiger partial charge in [-0.05, 0) is 41.7 Å². The molecule has 1 saturated carbocycles. The van der Waals surface area contributed by atoms with E-state index in [2.05, 4.69) is 10.1 Å². The van der Waals surface area contributed by atoms with E-state index in [1.165, 1.54) is 7.11 Å². The molecule has 4 nitrogen and oxygen atoms in total. The van der Waals surface area contributed by atoms with Crippen molar-refractivity contribution in [3.05, 3.63) is 40.4 Å². The zero-order chi connectivity index (χ0) is 16.5. The van der Waals surface area contributed by atoms with Crippen LogP contribution in [0.5, 0.6) is 0 Å². The quantitative estimate of drug-likeness (QED) is 0.842. The smallest absolute Gasteiger partial charge is 0.337 e. The number of esters is 1. The Kier molecular flexibility index (Phi) is 4.83. The third kappa shape index (κ3) is 3.45. The minimum absolute atomic E-state index is 0.0202. The standard InChI is InChI=1S/C16H17Cl2NO3/c1-16(2)11(8-12(17)18)13(16)14(20)19-10-6-4-9(5-7-10)15(21)22-3/h4-8,11,13H,1-3H3,(H,19,20)/t11-,13-/m1/s1. The Balaban J connectivity index is 2.04. The number of benzene rings is 1. The molecule has 2 rings (SSSR count). The molecule has 1 aromatic rings. The van der Waals surface area contributed by atoms with Crippen LogP contribution >= 0.6 is 23.2 Å². The van der Waals surface area contributed by atoms with Crippen LogP contribution < -0.4 is 5.32 Å². The number of methoxy groups -OCH3 is 1. The fourth-order valence-corrected chi connectivity index (χ4v) is 2.92. The topological polar surface area (TPSA) is 55.4 Å². The molecule has 1 N–H and O–H groups in total. The van der Waals surface area contributed by atoms with Gasteiger partial charge < -0.3 is 10.1 Å². The summed E-state index contributed by atoms with van der Waals surface area (Å²) in [5.41, 5.74) is 0.882. The summed E-state index contributed by atoms with van der Waals surface area (Å²) in [5, 5.41) is 2.84. The van der Waals surface area contributed by atoms with Gasteiger partial charge in [0.25, 0.3) is 0 Å². The Bertz CT molecular complexity index is 619. The Hall–Kier alpha value is -1.52. The highest BCUT2D eigenvalue weighted by molar-refractivity contribution is 6.55. The molecule has 0 spiro atoms. The normalized spacial score (nSPS) is 21.7. The number of amides is 1. The predicted octanol–water partition coefficient (Wildman–Crippen LogP) is 4.00.